The minimum Gasteiger partial charge on any atom is -0.480 e. The highest BCUT2D eigenvalue weighted by atomic mass is 35.5. The van der Waals surface area contributed by atoms with E-state index in [0.29, 0.717) is 28.2 Å². The van der Waals surface area contributed by atoms with Gasteiger partial charge in [-0.2, -0.15) is 0 Å². The summed E-state index contributed by atoms with van der Waals surface area (Å²) in [6.45, 7) is 5.67. The molecule has 0 saturated carbocycles. The van der Waals surface area contributed by atoms with Gasteiger partial charge in [0.05, 0.1) is 12.8 Å². The van der Waals surface area contributed by atoms with Crippen molar-refractivity contribution in [3.05, 3.63) is 99.9 Å². The highest BCUT2D eigenvalue weighted by Crippen LogP contribution is 2.49. The number of rotatable bonds is 15. The Morgan fingerprint density at radius 2 is 1.64 bits per heavy atom. The summed E-state index contributed by atoms with van der Waals surface area (Å²) in [4.78, 5) is 29.1. The molecule has 3 aromatic carbocycles. The zero-order valence-electron chi connectivity index (χ0n) is 26.1. The van der Waals surface area contributed by atoms with E-state index in [0.717, 1.165) is 21.2 Å². The van der Waals surface area contributed by atoms with E-state index in [4.69, 9.17) is 57.2 Å². The summed E-state index contributed by atoms with van der Waals surface area (Å²) in [6, 6.07) is 20.8. The summed E-state index contributed by atoms with van der Waals surface area (Å²) in [7, 11) is -2.77. The van der Waals surface area contributed by atoms with E-state index in [1.165, 1.54) is 25.8 Å². The maximum atomic E-state index is 13.7. The van der Waals surface area contributed by atoms with Crippen molar-refractivity contribution in [2.45, 2.75) is 55.9 Å². The second-order valence-electron chi connectivity index (χ2n) is 10.5. The Kier molecular flexibility index (Phi) is 12.6. The Balaban J connectivity index is 1.58. The van der Waals surface area contributed by atoms with Gasteiger partial charge in [-0.05, 0) is 60.9 Å². The van der Waals surface area contributed by atoms with Crippen molar-refractivity contribution < 1.29 is 37.4 Å². The van der Waals surface area contributed by atoms with Crippen molar-refractivity contribution in [2.24, 2.45) is 5.73 Å². The van der Waals surface area contributed by atoms with Crippen LogP contribution in [0.25, 0.3) is 0 Å². The lowest BCUT2D eigenvalue weighted by Gasteiger charge is -2.22. The number of para-hydroxylation sites is 1. The Labute approximate surface area is 287 Å². The summed E-state index contributed by atoms with van der Waals surface area (Å²) in [5.41, 5.74) is 6.92. The molecular formula is C32H34Cl2N3O8PS. The van der Waals surface area contributed by atoms with Crippen LogP contribution in [0.15, 0.2) is 82.7 Å². The van der Waals surface area contributed by atoms with Crippen LogP contribution in [0.5, 0.6) is 11.5 Å². The van der Waals surface area contributed by atoms with Crippen LogP contribution in [0.1, 0.15) is 43.8 Å². The van der Waals surface area contributed by atoms with Crippen molar-refractivity contribution in [1.29, 1.82) is 0 Å². The number of ether oxygens (including phenoxy) is 3. The first-order chi connectivity index (χ1) is 22.4. The fourth-order valence-corrected chi connectivity index (χ4v) is 7.68. The molecular weight excluding hydrogens is 688 g/mol. The number of carbonyl (C=O) groups excluding carboxylic acids is 2. The second kappa shape index (κ2) is 16.4. The number of carbonyl (C=O) groups is 2. The van der Waals surface area contributed by atoms with E-state index >= 15 is 0 Å². The van der Waals surface area contributed by atoms with Gasteiger partial charge in [0.25, 0.3) is 0 Å². The third-order valence-corrected chi connectivity index (χ3v) is 9.56. The van der Waals surface area contributed by atoms with E-state index < -0.39 is 32.1 Å². The number of imidazole rings is 1. The molecule has 47 heavy (non-hydrogen) atoms. The lowest BCUT2D eigenvalue weighted by molar-refractivity contribution is -0.148. The fourth-order valence-electron chi connectivity index (χ4n) is 4.29. The number of hydrogen-bond donors (Lipinski definition) is 1. The number of esters is 1. The van der Waals surface area contributed by atoms with Gasteiger partial charge in [-0.15, -0.1) is 0 Å². The smallest absolute Gasteiger partial charge is 0.417 e. The van der Waals surface area contributed by atoms with E-state index in [1.807, 2.05) is 30.5 Å². The summed E-state index contributed by atoms with van der Waals surface area (Å²) in [5.74, 6) is 0.503. The maximum absolute atomic E-state index is 13.7. The summed E-state index contributed by atoms with van der Waals surface area (Å²) in [6.07, 6.45) is -2.55. The Bertz CT molecular complexity index is 1720. The molecule has 4 aromatic rings. The largest absolute Gasteiger partial charge is 0.480 e. The van der Waals surface area contributed by atoms with Gasteiger partial charge in [-0.1, -0.05) is 79.1 Å². The lowest BCUT2D eigenvalue weighted by atomic mass is 10.1. The van der Waals surface area contributed by atoms with Crippen LogP contribution in [0.2, 0.25) is 10.0 Å². The molecule has 1 amide bonds. The number of aromatic nitrogens is 2. The maximum Gasteiger partial charge on any atom is 0.417 e. The Morgan fingerprint density at radius 1 is 0.979 bits per heavy atom. The van der Waals surface area contributed by atoms with Gasteiger partial charge in [0.2, 0.25) is 6.35 Å². The highest BCUT2D eigenvalue weighted by Gasteiger charge is 2.33. The predicted molar refractivity (Wildman–Crippen MR) is 180 cm³/mol. The molecule has 0 radical (unpaired) electrons. The summed E-state index contributed by atoms with van der Waals surface area (Å²) < 4.78 is 42.5. The molecule has 1 unspecified atom stereocenters. The van der Waals surface area contributed by atoms with Crippen LogP contribution < -0.4 is 15.0 Å². The van der Waals surface area contributed by atoms with Crippen LogP contribution in [0.4, 0.5) is 4.79 Å². The van der Waals surface area contributed by atoms with E-state index in [9.17, 15) is 14.2 Å². The number of primary amides is 1. The lowest BCUT2D eigenvalue weighted by Crippen LogP contribution is -2.23. The molecule has 0 saturated heterocycles. The van der Waals surface area contributed by atoms with Crippen LogP contribution in [0, 0.1) is 0 Å². The van der Waals surface area contributed by atoms with Crippen molar-refractivity contribution in [3.8, 4) is 11.5 Å². The Morgan fingerprint density at radius 3 is 2.23 bits per heavy atom. The predicted octanol–water partition coefficient (Wildman–Crippen LogP) is 8.29. The van der Waals surface area contributed by atoms with Crippen LogP contribution >= 0.6 is 42.6 Å². The highest BCUT2D eigenvalue weighted by molar-refractivity contribution is 7.99. The van der Waals surface area contributed by atoms with Crippen LogP contribution in [-0.2, 0) is 36.5 Å². The number of nitrogens with two attached hydrogens (primary N) is 1. The van der Waals surface area contributed by atoms with Crippen LogP contribution in [0.3, 0.4) is 0 Å². The van der Waals surface area contributed by atoms with Gasteiger partial charge in [0.15, 0.2) is 12.7 Å². The number of nitrogens with zero attached hydrogens (tertiary/aromatic N) is 2. The molecule has 4 rings (SSSR count). The normalized spacial score (nSPS) is 13.1. The minimum atomic E-state index is -3.98. The average Bonchev–Trinajstić information content (AvgIpc) is 3.35. The van der Waals surface area contributed by atoms with Crippen molar-refractivity contribution >= 4 is 54.6 Å². The minimum absolute atomic E-state index is 0.0365. The first-order valence-corrected chi connectivity index (χ1v) is 17.6. The quantitative estimate of drug-likeness (QED) is 0.0941. The third kappa shape index (κ3) is 10.4. The SMILES string of the molecule is COC(=O)[C@H](C)OP(=O)(COc1ccc(Cn2c(COC(N)=O)nc(C(C)C)c2Sc2cc(Cl)cc(Cl)c2)cc1)Oc1ccccc1. The third-order valence-electron chi connectivity index (χ3n) is 6.46. The van der Waals surface area contributed by atoms with Gasteiger partial charge in [-0.3, -0.25) is 4.52 Å². The monoisotopic (exact) mass is 721 g/mol. The fraction of sp³-hybridized carbons (Fsp3) is 0.281. The van der Waals surface area contributed by atoms with Crippen molar-refractivity contribution in [3.63, 3.8) is 0 Å². The topological polar surface area (TPSA) is 141 Å². The van der Waals surface area contributed by atoms with E-state index in [-0.39, 0.29) is 18.3 Å². The molecule has 1 aromatic heterocycles. The standard InChI is InChI=1S/C32H34Cl2N3O8PS/c1-20(2)29-30(47-27-15-23(33)14-24(34)16-27)37(28(36-29)18-42-32(35)39)17-22-10-12-25(13-11-22)43-19-46(40,44-21(3)31(38)41-4)45-26-8-6-5-7-9-26/h5-16,20-21H,17-19H2,1-4H3,(H2,35,39)/t21-,46?/m0/s1. The number of halogens is 2. The summed E-state index contributed by atoms with van der Waals surface area (Å²) >= 11 is 14.0. The van der Waals surface area contributed by atoms with Gasteiger partial charge < -0.3 is 29.0 Å². The molecule has 0 fully saturated rings. The van der Waals surface area contributed by atoms with Crippen molar-refractivity contribution in [2.75, 3.05) is 13.5 Å². The molecule has 0 aliphatic heterocycles. The van der Waals surface area contributed by atoms with Gasteiger partial charge in [-0.25, -0.2) is 19.1 Å². The van der Waals surface area contributed by atoms with Crippen molar-refractivity contribution in [1.82, 2.24) is 9.55 Å². The molecule has 2 N–H and O–H groups in total. The molecule has 15 heteroatoms. The Hall–Kier alpha value is -3.67. The number of methoxy groups -OCH3 is 1. The molecule has 0 spiro atoms. The molecule has 1 heterocycles. The summed E-state index contributed by atoms with van der Waals surface area (Å²) in [5, 5.41) is 1.81. The zero-order chi connectivity index (χ0) is 34.1. The number of amides is 1. The van der Waals surface area contributed by atoms with Crippen LogP contribution in [-0.4, -0.2) is 41.2 Å². The van der Waals surface area contributed by atoms with Gasteiger partial charge in [0, 0.05) is 21.5 Å². The first kappa shape index (κ1) is 36.2. The van der Waals surface area contributed by atoms with Gasteiger partial charge in [0.1, 0.15) is 22.3 Å². The van der Waals surface area contributed by atoms with Gasteiger partial charge >= 0.3 is 19.7 Å². The molecule has 0 aliphatic rings. The molecule has 0 aliphatic carbocycles. The number of benzene rings is 3. The first-order valence-electron chi connectivity index (χ1n) is 14.3. The molecule has 2 atom stereocenters. The van der Waals surface area contributed by atoms with E-state index in [2.05, 4.69) is 0 Å². The second-order valence-corrected chi connectivity index (χ2v) is 14.3. The van der Waals surface area contributed by atoms with E-state index in [1.54, 1.807) is 60.7 Å². The molecule has 250 valence electrons. The molecule has 11 nitrogen and oxygen atoms in total. The zero-order valence-corrected chi connectivity index (χ0v) is 29.3. The number of hydrogen-bond acceptors (Lipinski definition) is 10. The molecule has 0 bridgehead atoms. The average molecular weight is 723 g/mol.